The van der Waals surface area contributed by atoms with E-state index >= 15 is 0 Å². The highest BCUT2D eigenvalue weighted by Crippen LogP contribution is 2.39. The van der Waals surface area contributed by atoms with Gasteiger partial charge in [0.15, 0.2) is 0 Å². The van der Waals surface area contributed by atoms with Crippen LogP contribution < -0.4 is 4.74 Å². The van der Waals surface area contributed by atoms with Crippen LogP contribution >= 0.6 is 0 Å². The molecule has 35 heavy (non-hydrogen) atoms. The van der Waals surface area contributed by atoms with Crippen LogP contribution in [0.25, 0.3) is 5.76 Å². The molecule has 2 saturated heterocycles. The molecular formula is C28H34N2O5. The third-order valence-corrected chi connectivity index (χ3v) is 6.40. The summed E-state index contributed by atoms with van der Waals surface area (Å²) in [6, 6.07) is 14.1. The zero-order chi connectivity index (χ0) is 24.9. The van der Waals surface area contributed by atoms with E-state index in [0.29, 0.717) is 50.1 Å². The molecule has 2 aromatic carbocycles. The number of benzene rings is 2. The highest BCUT2D eigenvalue weighted by Gasteiger charge is 2.46. The Morgan fingerprint density at radius 3 is 2.31 bits per heavy atom. The fourth-order valence-electron chi connectivity index (χ4n) is 4.41. The van der Waals surface area contributed by atoms with Crippen molar-refractivity contribution in [2.24, 2.45) is 5.92 Å². The summed E-state index contributed by atoms with van der Waals surface area (Å²) < 4.78 is 11.2. The Balaban J connectivity index is 1.66. The number of morpholine rings is 1. The molecule has 2 aliphatic rings. The molecule has 1 N–H and O–H groups in total. The topological polar surface area (TPSA) is 79.3 Å². The zero-order valence-corrected chi connectivity index (χ0v) is 20.7. The van der Waals surface area contributed by atoms with Crippen LogP contribution in [-0.4, -0.2) is 72.6 Å². The van der Waals surface area contributed by atoms with Crippen molar-refractivity contribution in [2.75, 3.05) is 46.0 Å². The van der Waals surface area contributed by atoms with E-state index in [-0.39, 0.29) is 11.3 Å². The summed E-state index contributed by atoms with van der Waals surface area (Å²) in [5, 5.41) is 11.3. The van der Waals surface area contributed by atoms with Crippen molar-refractivity contribution in [2.45, 2.75) is 26.8 Å². The monoisotopic (exact) mass is 478 g/mol. The molecule has 2 aromatic rings. The molecule has 2 aliphatic heterocycles. The smallest absolute Gasteiger partial charge is 0.295 e. The van der Waals surface area contributed by atoms with Gasteiger partial charge in [-0.05, 0) is 42.7 Å². The largest absolute Gasteiger partial charge is 0.507 e. The summed E-state index contributed by atoms with van der Waals surface area (Å²) in [6.45, 7) is 10.7. The van der Waals surface area contributed by atoms with Gasteiger partial charge in [-0.1, -0.05) is 43.7 Å². The minimum absolute atomic E-state index is 0.122. The van der Waals surface area contributed by atoms with Gasteiger partial charge in [-0.15, -0.1) is 0 Å². The lowest BCUT2D eigenvalue weighted by molar-refractivity contribution is -0.140. The predicted octanol–water partition coefficient (Wildman–Crippen LogP) is 3.78. The quantitative estimate of drug-likeness (QED) is 0.353. The molecule has 7 heteroatoms. The van der Waals surface area contributed by atoms with Crippen LogP contribution in [0.15, 0.2) is 54.1 Å². The van der Waals surface area contributed by atoms with Gasteiger partial charge in [0.25, 0.3) is 11.7 Å². The number of ether oxygens (including phenoxy) is 2. The number of hydrogen-bond acceptors (Lipinski definition) is 6. The fourth-order valence-corrected chi connectivity index (χ4v) is 4.41. The zero-order valence-electron chi connectivity index (χ0n) is 20.7. The van der Waals surface area contributed by atoms with E-state index < -0.39 is 17.7 Å². The number of aliphatic hydroxyl groups excluding tert-OH is 1. The molecule has 0 aromatic heterocycles. The van der Waals surface area contributed by atoms with E-state index in [9.17, 15) is 14.7 Å². The van der Waals surface area contributed by atoms with Crippen molar-refractivity contribution < 1.29 is 24.2 Å². The van der Waals surface area contributed by atoms with Gasteiger partial charge in [0.2, 0.25) is 0 Å². The van der Waals surface area contributed by atoms with Crippen molar-refractivity contribution in [3.8, 4) is 5.75 Å². The summed E-state index contributed by atoms with van der Waals surface area (Å²) in [4.78, 5) is 30.2. The minimum atomic E-state index is -0.657. The van der Waals surface area contributed by atoms with E-state index in [0.717, 1.165) is 24.2 Å². The van der Waals surface area contributed by atoms with E-state index in [2.05, 4.69) is 18.7 Å². The maximum Gasteiger partial charge on any atom is 0.295 e. The molecule has 2 heterocycles. The summed E-state index contributed by atoms with van der Waals surface area (Å²) in [6.07, 6.45) is 0. The van der Waals surface area contributed by atoms with Gasteiger partial charge >= 0.3 is 0 Å². The predicted molar refractivity (Wildman–Crippen MR) is 134 cm³/mol. The van der Waals surface area contributed by atoms with Crippen LogP contribution in [-0.2, 0) is 14.3 Å². The SMILES string of the molecule is Cc1ccc(C2/C(=C(\O)c3ccc(OCC(C)C)cc3)C(=O)C(=O)N2CCN2CCOCC2)cc1. The number of ketones is 1. The molecule has 7 nitrogen and oxygen atoms in total. The second-order valence-electron chi connectivity index (χ2n) is 9.59. The number of aliphatic hydroxyl groups is 1. The maximum atomic E-state index is 13.2. The molecule has 1 amide bonds. The first-order valence-corrected chi connectivity index (χ1v) is 12.2. The second-order valence-corrected chi connectivity index (χ2v) is 9.59. The molecule has 0 bridgehead atoms. The normalized spacial score (nSPS) is 20.6. The first kappa shape index (κ1) is 24.9. The van der Waals surface area contributed by atoms with Gasteiger partial charge in [0.05, 0.1) is 31.4 Å². The van der Waals surface area contributed by atoms with E-state index in [4.69, 9.17) is 9.47 Å². The number of likely N-dealkylation sites (tertiary alicyclic amines) is 1. The van der Waals surface area contributed by atoms with Crippen LogP contribution in [0.3, 0.4) is 0 Å². The number of amides is 1. The number of aryl methyl sites for hydroxylation is 1. The Hall–Kier alpha value is -3.16. The van der Waals surface area contributed by atoms with Gasteiger partial charge in [-0.3, -0.25) is 14.5 Å². The lowest BCUT2D eigenvalue weighted by Gasteiger charge is -2.31. The lowest BCUT2D eigenvalue weighted by Crippen LogP contribution is -2.42. The standard InChI is InChI=1S/C28H34N2O5/c1-19(2)18-35-23-10-8-22(9-11-23)26(31)24-25(21-6-4-20(3)5-7-21)30(28(33)27(24)32)13-12-29-14-16-34-17-15-29/h4-11,19,25,31H,12-18H2,1-3H3/b26-24+. The number of carbonyl (C=O) groups excluding carboxylic acids is 2. The number of rotatable bonds is 8. The Bertz CT molecular complexity index is 1070. The molecule has 186 valence electrons. The highest BCUT2D eigenvalue weighted by atomic mass is 16.5. The molecule has 0 saturated carbocycles. The van der Waals surface area contributed by atoms with E-state index in [1.807, 2.05) is 31.2 Å². The Kier molecular flexibility index (Phi) is 7.88. The minimum Gasteiger partial charge on any atom is -0.507 e. The van der Waals surface area contributed by atoms with Crippen molar-refractivity contribution >= 4 is 17.4 Å². The van der Waals surface area contributed by atoms with Crippen molar-refractivity contribution in [1.82, 2.24) is 9.80 Å². The van der Waals surface area contributed by atoms with E-state index in [1.165, 1.54) is 0 Å². The maximum absolute atomic E-state index is 13.2. The fraction of sp³-hybridized carbons (Fsp3) is 0.429. The van der Waals surface area contributed by atoms with Crippen LogP contribution in [0.1, 0.15) is 36.6 Å². The molecule has 1 unspecified atom stereocenters. The summed E-state index contributed by atoms with van der Waals surface area (Å²) >= 11 is 0. The van der Waals surface area contributed by atoms with Gasteiger partial charge in [-0.25, -0.2) is 0 Å². The lowest BCUT2D eigenvalue weighted by atomic mass is 9.94. The average Bonchev–Trinajstić information content (AvgIpc) is 3.12. The van der Waals surface area contributed by atoms with Gasteiger partial charge in [0, 0.05) is 31.7 Å². The summed E-state index contributed by atoms with van der Waals surface area (Å²) in [5.41, 5.74) is 2.48. The molecule has 4 rings (SSSR count). The molecule has 0 spiro atoms. The summed E-state index contributed by atoms with van der Waals surface area (Å²) in [7, 11) is 0. The third kappa shape index (κ3) is 5.74. The first-order chi connectivity index (χ1) is 16.8. The number of Topliss-reactive ketones (excluding diaryl/α,β-unsaturated/α-hetero) is 1. The van der Waals surface area contributed by atoms with Crippen LogP contribution in [0.5, 0.6) is 5.75 Å². The molecule has 0 radical (unpaired) electrons. The Labute approximate surface area is 206 Å². The number of hydrogen-bond donors (Lipinski definition) is 1. The Morgan fingerprint density at radius 1 is 1.03 bits per heavy atom. The number of carbonyl (C=O) groups is 2. The third-order valence-electron chi connectivity index (χ3n) is 6.40. The molecule has 1 atom stereocenters. The van der Waals surface area contributed by atoms with Crippen molar-refractivity contribution in [3.05, 3.63) is 70.8 Å². The summed E-state index contributed by atoms with van der Waals surface area (Å²) in [5.74, 6) is -0.321. The van der Waals surface area contributed by atoms with Crippen molar-refractivity contribution in [3.63, 3.8) is 0 Å². The van der Waals surface area contributed by atoms with Gasteiger partial charge in [-0.2, -0.15) is 0 Å². The first-order valence-electron chi connectivity index (χ1n) is 12.2. The number of nitrogens with zero attached hydrogens (tertiary/aromatic N) is 2. The molecule has 2 fully saturated rings. The van der Waals surface area contributed by atoms with Crippen LogP contribution in [0.4, 0.5) is 0 Å². The second kappa shape index (κ2) is 11.1. The molecule has 0 aliphatic carbocycles. The van der Waals surface area contributed by atoms with Gasteiger partial charge in [0.1, 0.15) is 11.5 Å². The van der Waals surface area contributed by atoms with Crippen molar-refractivity contribution in [1.29, 1.82) is 0 Å². The molecular weight excluding hydrogens is 444 g/mol. The van der Waals surface area contributed by atoms with Crippen LogP contribution in [0, 0.1) is 12.8 Å². The Morgan fingerprint density at radius 2 is 1.69 bits per heavy atom. The van der Waals surface area contributed by atoms with Gasteiger partial charge < -0.3 is 19.5 Å². The van der Waals surface area contributed by atoms with Crippen LogP contribution in [0.2, 0.25) is 0 Å². The highest BCUT2D eigenvalue weighted by molar-refractivity contribution is 6.46. The van der Waals surface area contributed by atoms with E-state index in [1.54, 1.807) is 29.2 Å². The average molecular weight is 479 g/mol.